The summed E-state index contributed by atoms with van der Waals surface area (Å²) in [5.41, 5.74) is 1.98. The lowest BCUT2D eigenvalue weighted by Gasteiger charge is -2.28. The summed E-state index contributed by atoms with van der Waals surface area (Å²) in [6.07, 6.45) is 1.66. The van der Waals surface area contributed by atoms with E-state index < -0.39 is 0 Å². The smallest absolute Gasteiger partial charge is 0.261 e. The zero-order valence-electron chi connectivity index (χ0n) is 9.10. The zero-order valence-corrected chi connectivity index (χ0v) is 9.10. The Morgan fingerprint density at radius 3 is 2.94 bits per heavy atom. The molecule has 3 rings (SSSR count). The van der Waals surface area contributed by atoms with Crippen molar-refractivity contribution in [2.24, 2.45) is 0 Å². The summed E-state index contributed by atoms with van der Waals surface area (Å²) in [5, 5.41) is 3.86. The molecule has 16 heavy (non-hydrogen) atoms. The van der Waals surface area contributed by atoms with E-state index in [0.29, 0.717) is 5.39 Å². The Morgan fingerprint density at radius 2 is 2.25 bits per heavy atom. The summed E-state index contributed by atoms with van der Waals surface area (Å²) in [5.74, 6) is 0. The van der Waals surface area contributed by atoms with Crippen LogP contribution in [0.5, 0.6) is 0 Å². The number of benzene rings is 1. The van der Waals surface area contributed by atoms with Gasteiger partial charge in [-0.05, 0) is 24.6 Å². The summed E-state index contributed by atoms with van der Waals surface area (Å²) in [4.78, 5) is 16.5. The second-order valence-corrected chi connectivity index (χ2v) is 4.29. The van der Waals surface area contributed by atoms with Gasteiger partial charge in [0.15, 0.2) is 0 Å². The van der Waals surface area contributed by atoms with E-state index in [4.69, 9.17) is 0 Å². The molecule has 1 N–H and O–H groups in total. The molecule has 1 saturated heterocycles. The number of aromatic nitrogens is 2. The molecular weight excluding hydrogens is 202 g/mol. The molecule has 0 aliphatic carbocycles. The van der Waals surface area contributed by atoms with Gasteiger partial charge in [0.1, 0.15) is 0 Å². The molecule has 0 amide bonds. The van der Waals surface area contributed by atoms with Gasteiger partial charge in [0.05, 0.1) is 23.3 Å². The van der Waals surface area contributed by atoms with Crippen LogP contribution in [-0.4, -0.2) is 22.6 Å². The van der Waals surface area contributed by atoms with Crippen molar-refractivity contribution in [3.63, 3.8) is 0 Å². The third kappa shape index (κ3) is 1.34. The van der Waals surface area contributed by atoms with Gasteiger partial charge in [0.25, 0.3) is 5.56 Å². The third-order valence-corrected chi connectivity index (χ3v) is 3.09. The van der Waals surface area contributed by atoms with Crippen molar-refractivity contribution >= 4 is 10.9 Å². The molecule has 0 bridgehead atoms. The fourth-order valence-corrected chi connectivity index (χ4v) is 1.98. The second-order valence-electron chi connectivity index (χ2n) is 4.29. The van der Waals surface area contributed by atoms with Crippen molar-refractivity contribution in [3.05, 3.63) is 40.4 Å². The Labute approximate surface area is 92.9 Å². The molecular formula is C12H13N3O. The molecule has 0 spiro atoms. The standard InChI is InChI=1S/C12H13N3O/c1-8-2-3-10-11(4-8)14-7-15(12(10)16)9-5-13-6-9/h2-4,7,9,13H,5-6H2,1H3. The van der Waals surface area contributed by atoms with E-state index in [-0.39, 0.29) is 11.6 Å². The van der Waals surface area contributed by atoms with Crippen LogP contribution in [-0.2, 0) is 0 Å². The molecule has 1 fully saturated rings. The van der Waals surface area contributed by atoms with Gasteiger partial charge in [-0.25, -0.2) is 4.98 Å². The number of aryl methyl sites for hydroxylation is 1. The van der Waals surface area contributed by atoms with Crippen molar-refractivity contribution in [2.75, 3.05) is 13.1 Å². The summed E-state index contributed by atoms with van der Waals surface area (Å²) in [7, 11) is 0. The molecule has 0 atom stereocenters. The molecule has 4 nitrogen and oxygen atoms in total. The highest BCUT2D eigenvalue weighted by Gasteiger charge is 2.20. The molecule has 1 aromatic carbocycles. The van der Waals surface area contributed by atoms with Crippen molar-refractivity contribution in [1.82, 2.24) is 14.9 Å². The van der Waals surface area contributed by atoms with Crippen molar-refractivity contribution in [3.8, 4) is 0 Å². The molecule has 0 saturated carbocycles. The molecule has 2 aromatic rings. The Hall–Kier alpha value is -1.68. The van der Waals surface area contributed by atoms with Gasteiger partial charge in [-0.1, -0.05) is 6.07 Å². The van der Waals surface area contributed by atoms with E-state index in [1.54, 1.807) is 10.9 Å². The van der Waals surface area contributed by atoms with E-state index in [1.165, 1.54) is 0 Å². The van der Waals surface area contributed by atoms with Crippen LogP contribution >= 0.6 is 0 Å². The number of hydrogen-bond donors (Lipinski definition) is 1. The SMILES string of the molecule is Cc1ccc2c(=O)n(C3CNC3)cnc2c1. The molecule has 1 aliphatic rings. The van der Waals surface area contributed by atoms with Gasteiger partial charge in [0.2, 0.25) is 0 Å². The van der Waals surface area contributed by atoms with Crippen LogP contribution in [0.1, 0.15) is 11.6 Å². The van der Waals surface area contributed by atoms with E-state index in [9.17, 15) is 4.79 Å². The normalized spacial score (nSPS) is 16.3. The van der Waals surface area contributed by atoms with Crippen molar-refractivity contribution in [1.29, 1.82) is 0 Å². The minimum absolute atomic E-state index is 0.0662. The fraction of sp³-hybridized carbons (Fsp3) is 0.333. The van der Waals surface area contributed by atoms with Crippen LogP contribution in [0, 0.1) is 6.92 Å². The number of nitrogens with zero attached hydrogens (tertiary/aromatic N) is 2. The van der Waals surface area contributed by atoms with E-state index in [0.717, 1.165) is 24.2 Å². The number of nitrogens with one attached hydrogen (secondary N) is 1. The van der Waals surface area contributed by atoms with E-state index in [2.05, 4.69) is 10.3 Å². The average Bonchev–Trinajstić information content (AvgIpc) is 2.19. The van der Waals surface area contributed by atoms with E-state index in [1.807, 2.05) is 25.1 Å². The predicted octanol–water partition coefficient (Wildman–Crippen LogP) is 0.849. The van der Waals surface area contributed by atoms with Gasteiger partial charge in [-0.2, -0.15) is 0 Å². The molecule has 1 aliphatic heterocycles. The van der Waals surface area contributed by atoms with E-state index >= 15 is 0 Å². The first-order chi connectivity index (χ1) is 7.75. The van der Waals surface area contributed by atoms with Crippen LogP contribution in [0.25, 0.3) is 10.9 Å². The highest BCUT2D eigenvalue weighted by atomic mass is 16.1. The lowest BCUT2D eigenvalue weighted by molar-refractivity contribution is 0.334. The average molecular weight is 215 g/mol. The van der Waals surface area contributed by atoms with Crippen LogP contribution in [0.3, 0.4) is 0 Å². The quantitative estimate of drug-likeness (QED) is 0.767. The zero-order chi connectivity index (χ0) is 11.1. The van der Waals surface area contributed by atoms with Gasteiger partial charge >= 0.3 is 0 Å². The minimum atomic E-state index is 0.0662. The molecule has 1 aromatic heterocycles. The van der Waals surface area contributed by atoms with Crippen LogP contribution in [0.15, 0.2) is 29.3 Å². The predicted molar refractivity (Wildman–Crippen MR) is 62.6 cm³/mol. The number of fused-ring (bicyclic) bond motifs is 1. The van der Waals surface area contributed by atoms with Crippen LogP contribution in [0.4, 0.5) is 0 Å². The lowest BCUT2D eigenvalue weighted by atomic mass is 10.1. The lowest BCUT2D eigenvalue weighted by Crippen LogP contribution is -2.46. The maximum absolute atomic E-state index is 12.2. The first-order valence-corrected chi connectivity index (χ1v) is 5.44. The summed E-state index contributed by atoms with van der Waals surface area (Å²) < 4.78 is 1.73. The fourth-order valence-electron chi connectivity index (χ4n) is 1.98. The minimum Gasteiger partial charge on any atom is -0.313 e. The Kier molecular flexibility index (Phi) is 2.04. The Bertz CT molecular complexity index is 599. The number of hydrogen-bond acceptors (Lipinski definition) is 3. The Balaban J connectivity index is 2.23. The van der Waals surface area contributed by atoms with Gasteiger partial charge < -0.3 is 5.32 Å². The monoisotopic (exact) mass is 215 g/mol. The van der Waals surface area contributed by atoms with Crippen molar-refractivity contribution in [2.45, 2.75) is 13.0 Å². The maximum atomic E-state index is 12.2. The number of rotatable bonds is 1. The first kappa shape index (κ1) is 9.54. The molecule has 2 heterocycles. The van der Waals surface area contributed by atoms with Gasteiger partial charge in [0, 0.05) is 13.1 Å². The van der Waals surface area contributed by atoms with Crippen LogP contribution in [0.2, 0.25) is 0 Å². The van der Waals surface area contributed by atoms with Crippen molar-refractivity contribution < 1.29 is 0 Å². The second kappa shape index (κ2) is 3.42. The Morgan fingerprint density at radius 1 is 1.44 bits per heavy atom. The van der Waals surface area contributed by atoms with Gasteiger partial charge in [-0.15, -0.1) is 0 Å². The largest absolute Gasteiger partial charge is 0.313 e. The topological polar surface area (TPSA) is 46.9 Å². The molecule has 4 heteroatoms. The summed E-state index contributed by atoms with van der Waals surface area (Å²) >= 11 is 0. The van der Waals surface area contributed by atoms with Gasteiger partial charge in [-0.3, -0.25) is 9.36 Å². The third-order valence-electron chi connectivity index (χ3n) is 3.09. The maximum Gasteiger partial charge on any atom is 0.261 e. The van der Waals surface area contributed by atoms with Crippen LogP contribution < -0.4 is 10.9 Å². The molecule has 82 valence electrons. The highest BCUT2D eigenvalue weighted by Crippen LogP contribution is 2.12. The molecule has 0 unspecified atom stereocenters. The molecule has 0 radical (unpaired) electrons. The summed E-state index contributed by atoms with van der Waals surface area (Å²) in [6.45, 7) is 3.72. The first-order valence-electron chi connectivity index (χ1n) is 5.44. The summed E-state index contributed by atoms with van der Waals surface area (Å²) in [6, 6.07) is 6.03. The highest BCUT2D eigenvalue weighted by molar-refractivity contribution is 5.77.